The van der Waals surface area contributed by atoms with E-state index in [2.05, 4.69) is 5.32 Å². The molecule has 1 N–H and O–H groups in total. The zero-order valence-electron chi connectivity index (χ0n) is 13.7. The quantitative estimate of drug-likeness (QED) is 0.927. The van der Waals surface area contributed by atoms with Crippen LogP contribution >= 0.6 is 11.8 Å². The van der Waals surface area contributed by atoms with Crippen LogP contribution in [0.5, 0.6) is 0 Å². The number of fused-ring (bicyclic) bond motifs is 1. The van der Waals surface area contributed by atoms with Gasteiger partial charge in [-0.3, -0.25) is 9.59 Å². The molecule has 1 aliphatic heterocycles. The molecule has 22 heavy (non-hydrogen) atoms. The summed E-state index contributed by atoms with van der Waals surface area (Å²) in [5.41, 5.74) is 0.690. The molecule has 2 rings (SSSR count). The van der Waals surface area contributed by atoms with Crippen LogP contribution in [0.1, 0.15) is 34.1 Å². The summed E-state index contributed by atoms with van der Waals surface area (Å²) in [4.78, 5) is 27.6. The Kier molecular flexibility index (Phi) is 5.29. The minimum absolute atomic E-state index is 0.0193. The Bertz CT molecular complexity index is 566. The summed E-state index contributed by atoms with van der Waals surface area (Å²) in [6.45, 7) is 8.12. The van der Waals surface area contributed by atoms with Gasteiger partial charge in [0.1, 0.15) is 0 Å². The van der Waals surface area contributed by atoms with Crippen LogP contribution in [0.15, 0.2) is 29.2 Å². The fraction of sp³-hybridized carbons (Fsp3) is 0.529. The van der Waals surface area contributed by atoms with Crippen molar-refractivity contribution in [3.05, 3.63) is 24.3 Å². The van der Waals surface area contributed by atoms with Crippen molar-refractivity contribution in [3.8, 4) is 0 Å². The Morgan fingerprint density at radius 2 is 2.05 bits per heavy atom. The molecule has 0 saturated heterocycles. The van der Waals surface area contributed by atoms with Crippen molar-refractivity contribution >= 4 is 29.1 Å². The van der Waals surface area contributed by atoms with Gasteiger partial charge in [0.2, 0.25) is 5.91 Å². The Labute approximate surface area is 136 Å². The number of carbonyl (C=O) groups is 2. The van der Waals surface area contributed by atoms with Gasteiger partial charge in [0, 0.05) is 22.6 Å². The number of benzene rings is 1. The number of carbonyl (C=O) groups excluding carboxylic acids is 2. The van der Waals surface area contributed by atoms with Crippen molar-refractivity contribution in [2.45, 2.75) is 50.6 Å². The van der Waals surface area contributed by atoms with Gasteiger partial charge in [-0.2, -0.15) is 0 Å². The molecular weight excluding hydrogens is 296 g/mol. The minimum atomic E-state index is -0.290. The molecule has 0 bridgehead atoms. The number of nitrogens with one attached hydrogen (secondary N) is 1. The summed E-state index contributed by atoms with van der Waals surface area (Å²) in [6.07, 6.45) is 0.441. The maximum Gasteiger partial charge on any atom is 0.245 e. The number of nitrogens with zero attached hydrogens (tertiary/aromatic N) is 1. The van der Waals surface area contributed by atoms with E-state index in [0.29, 0.717) is 12.2 Å². The summed E-state index contributed by atoms with van der Waals surface area (Å²) in [5.74, 6) is 0.725. The first-order chi connectivity index (χ1) is 10.3. The fourth-order valence-electron chi connectivity index (χ4n) is 2.43. The van der Waals surface area contributed by atoms with Gasteiger partial charge in [-0.25, -0.2) is 0 Å². The highest BCUT2D eigenvalue weighted by Gasteiger charge is 2.33. The predicted octanol–water partition coefficient (Wildman–Crippen LogP) is 2.86. The molecule has 0 unspecified atom stereocenters. The summed E-state index contributed by atoms with van der Waals surface area (Å²) in [5, 5.41) is 3.38. The lowest BCUT2D eigenvalue weighted by molar-refractivity contribution is -0.123. The number of para-hydroxylation sites is 1. The van der Waals surface area contributed by atoms with E-state index in [1.54, 1.807) is 16.7 Å². The number of ketones is 1. The van der Waals surface area contributed by atoms with Crippen LogP contribution < -0.4 is 10.2 Å². The topological polar surface area (TPSA) is 49.4 Å². The highest BCUT2D eigenvalue weighted by atomic mass is 32.2. The first-order valence-electron chi connectivity index (χ1n) is 7.64. The van der Waals surface area contributed by atoms with E-state index < -0.39 is 0 Å². The van der Waals surface area contributed by atoms with Crippen molar-refractivity contribution in [2.24, 2.45) is 0 Å². The third-order valence-corrected chi connectivity index (χ3v) is 4.62. The third kappa shape index (κ3) is 4.11. The molecular formula is C17H24N2O2S. The summed E-state index contributed by atoms with van der Waals surface area (Å²) < 4.78 is 0. The molecule has 0 fully saturated rings. The van der Waals surface area contributed by atoms with Gasteiger partial charge in [-0.1, -0.05) is 19.1 Å². The van der Waals surface area contributed by atoms with Crippen LogP contribution in [-0.4, -0.2) is 35.6 Å². The second-order valence-electron chi connectivity index (χ2n) is 6.54. The largest absolute Gasteiger partial charge is 0.302 e. The van der Waals surface area contributed by atoms with Gasteiger partial charge in [-0.05, 0) is 32.9 Å². The molecule has 0 radical (unpaired) electrons. The summed E-state index contributed by atoms with van der Waals surface area (Å²) >= 11 is 1.66. The SMILES string of the molecule is CCC(=O)CN1C(=O)[C@H](NC(C)(C)C)CSc2ccccc21. The molecule has 120 valence electrons. The van der Waals surface area contributed by atoms with E-state index in [4.69, 9.17) is 0 Å². The lowest BCUT2D eigenvalue weighted by Gasteiger charge is -2.30. The molecule has 0 saturated carbocycles. The third-order valence-electron chi connectivity index (χ3n) is 3.46. The molecule has 1 atom stereocenters. The van der Waals surface area contributed by atoms with Crippen LogP contribution in [0.4, 0.5) is 5.69 Å². The van der Waals surface area contributed by atoms with E-state index in [0.717, 1.165) is 10.6 Å². The van der Waals surface area contributed by atoms with E-state index in [9.17, 15) is 9.59 Å². The van der Waals surface area contributed by atoms with Crippen molar-refractivity contribution < 1.29 is 9.59 Å². The van der Waals surface area contributed by atoms with Gasteiger partial charge in [-0.15, -0.1) is 11.8 Å². The van der Waals surface area contributed by atoms with Crippen LogP contribution in [0.2, 0.25) is 0 Å². The van der Waals surface area contributed by atoms with Crippen LogP contribution in [-0.2, 0) is 9.59 Å². The maximum atomic E-state index is 12.9. The number of thioether (sulfide) groups is 1. The Balaban J connectivity index is 2.34. The smallest absolute Gasteiger partial charge is 0.245 e. The maximum absolute atomic E-state index is 12.9. The molecule has 0 aliphatic carbocycles. The molecule has 1 aromatic carbocycles. The second kappa shape index (κ2) is 6.84. The summed E-state index contributed by atoms with van der Waals surface area (Å²) in [6, 6.07) is 7.52. The van der Waals surface area contributed by atoms with Gasteiger partial charge in [0.15, 0.2) is 5.78 Å². The van der Waals surface area contributed by atoms with Gasteiger partial charge < -0.3 is 10.2 Å². The predicted molar refractivity (Wildman–Crippen MR) is 91.5 cm³/mol. The van der Waals surface area contributed by atoms with Crippen LogP contribution in [0, 0.1) is 0 Å². The van der Waals surface area contributed by atoms with E-state index in [1.165, 1.54) is 0 Å². The highest BCUT2D eigenvalue weighted by molar-refractivity contribution is 7.99. The standard InChI is InChI=1S/C17H24N2O2S/c1-5-12(20)10-19-14-8-6-7-9-15(14)22-11-13(16(19)21)18-17(2,3)4/h6-9,13,18H,5,10-11H2,1-4H3/t13-/m1/s1. The first-order valence-corrected chi connectivity index (χ1v) is 8.63. The van der Waals surface area contributed by atoms with E-state index in [1.807, 2.05) is 52.0 Å². The normalized spacial score (nSPS) is 18.8. The number of hydrogen-bond donors (Lipinski definition) is 1. The van der Waals surface area contributed by atoms with Gasteiger partial charge >= 0.3 is 0 Å². The Hall–Kier alpha value is -1.33. The molecule has 0 aromatic heterocycles. The lowest BCUT2D eigenvalue weighted by Crippen LogP contribution is -2.54. The van der Waals surface area contributed by atoms with Crippen LogP contribution in [0.3, 0.4) is 0 Å². The van der Waals surface area contributed by atoms with E-state index in [-0.39, 0.29) is 29.8 Å². The minimum Gasteiger partial charge on any atom is -0.302 e. The fourth-order valence-corrected chi connectivity index (χ4v) is 3.50. The number of anilines is 1. The average molecular weight is 320 g/mol. The molecule has 4 nitrogen and oxygen atoms in total. The molecule has 1 amide bonds. The summed E-state index contributed by atoms with van der Waals surface area (Å²) in [7, 11) is 0. The Morgan fingerprint density at radius 1 is 1.36 bits per heavy atom. The van der Waals surface area contributed by atoms with Crippen molar-refractivity contribution in [1.29, 1.82) is 0 Å². The number of hydrogen-bond acceptors (Lipinski definition) is 4. The molecule has 0 spiro atoms. The average Bonchev–Trinajstić information content (AvgIpc) is 2.58. The van der Waals surface area contributed by atoms with Crippen molar-refractivity contribution in [1.82, 2.24) is 5.32 Å². The monoisotopic (exact) mass is 320 g/mol. The van der Waals surface area contributed by atoms with E-state index >= 15 is 0 Å². The highest BCUT2D eigenvalue weighted by Crippen LogP contribution is 2.34. The van der Waals surface area contributed by atoms with Gasteiger partial charge in [0.25, 0.3) is 0 Å². The zero-order valence-corrected chi connectivity index (χ0v) is 14.5. The molecule has 1 aliphatic rings. The van der Waals surface area contributed by atoms with Crippen molar-refractivity contribution in [2.75, 3.05) is 17.2 Å². The molecule has 1 aromatic rings. The number of Topliss-reactive ketones (excluding diaryl/α,β-unsaturated/α-hetero) is 1. The molecule has 1 heterocycles. The van der Waals surface area contributed by atoms with Crippen LogP contribution in [0.25, 0.3) is 0 Å². The second-order valence-corrected chi connectivity index (χ2v) is 7.60. The zero-order chi connectivity index (χ0) is 16.3. The molecule has 5 heteroatoms. The number of rotatable bonds is 4. The lowest BCUT2D eigenvalue weighted by atomic mass is 10.1. The number of amides is 1. The first kappa shape index (κ1) is 17.0. The van der Waals surface area contributed by atoms with Crippen molar-refractivity contribution in [3.63, 3.8) is 0 Å². The Morgan fingerprint density at radius 3 is 2.68 bits per heavy atom. The van der Waals surface area contributed by atoms with Gasteiger partial charge in [0.05, 0.1) is 18.3 Å².